The van der Waals surface area contributed by atoms with Crippen LogP contribution in [0.3, 0.4) is 0 Å². The van der Waals surface area contributed by atoms with Gasteiger partial charge in [0.15, 0.2) is 28.8 Å². The van der Waals surface area contributed by atoms with Crippen molar-refractivity contribution in [3.05, 3.63) is 70.8 Å². The number of aliphatic imine (C=N–C) groups is 1. The van der Waals surface area contributed by atoms with Crippen LogP contribution in [0.25, 0.3) is 0 Å². The Balaban J connectivity index is 1.16. The molecule has 2 aliphatic rings. The summed E-state index contributed by atoms with van der Waals surface area (Å²) in [4.78, 5) is 31.8. The molecule has 3 aromatic carbocycles. The Labute approximate surface area is 234 Å². The zero-order chi connectivity index (χ0) is 28.2. The van der Waals surface area contributed by atoms with Gasteiger partial charge in [0.1, 0.15) is 0 Å². The van der Waals surface area contributed by atoms with Crippen molar-refractivity contribution in [1.29, 1.82) is 0 Å². The van der Waals surface area contributed by atoms with Gasteiger partial charge in [0, 0.05) is 30.0 Å². The molecule has 8 nitrogen and oxygen atoms in total. The molecule has 0 aromatic heterocycles. The first-order valence-electron chi connectivity index (χ1n) is 13.5. The third kappa shape index (κ3) is 5.39. The normalized spacial score (nSPS) is 15.2. The smallest absolute Gasteiger partial charge is 0.261 e. The van der Waals surface area contributed by atoms with Crippen LogP contribution in [-0.4, -0.2) is 51.4 Å². The molecule has 0 N–H and O–H groups in total. The number of anilines is 1. The second-order valence-corrected chi connectivity index (χ2v) is 10.0. The third-order valence-corrected chi connectivity index (χ3v) is 7.32. The molecule has 0 fully saturated rings. The standard InChI is InChI=1S/C32H34N2O6/c1-20-14-30(28(37-3)16-24(20)21(2)35)39-12-8-5-9-13-40-31-18-26-25(17-29(31)38-4)32(36)34-23(19-33-26)15-22-10-6-7-11-27(22)34/h6-7,10-11,14,16-19,23H,5,8-9,12-13,15H2,1-4H3/t23-/m0/s1. The van der Waals surface area contributed by atoms with Gasteiger partial charge in [-0.2, -0.15) is 0 Å². The van der Waals surface area contributed by atoms with Gasteiger partial charge in [-0.15, -0.1) is 0 Å². The number of aryl methyl sites for hydroxylation is 1. The monoisotopic (exact) mass is 542 g/mol. The molecular weight excluding hydrogens is 508 g/mol. The number of amides is 1. The summed E-state index contributed by atoms with van der Waals surface area (Å²) in [6.07, 6.45) is 5.15. The second-order valence-electron chi connectivity index (χ2n) is 10.0. The van der Waals surface area contributed by atoms with E-state index in [-0.39, 0.29) is 17.7 Å². The highest BCUT2D eigenvalue weighted by molar-refractivity contribution is 6.14. The number of Topliss-reactive ketones (excluding diaryl/α,β-unsaturated/α-hetero) is 1. The fraction of sp³-hybridized carbons (Fsp3) is 0.344. The summed E-state index contributed by atoms with van der Waals surface area (Å²) in [5, 5.41) is 0. The average molecular weight is 543 g/mol. The molecule has 40 heavy (non-hydrogen) atoms. The van der Waals surface area contributed by atoms with Gasteiger partial charge >= 0.3 is 0 Å². The number of ketones is 1. The first-order valence-corrected chi connectivity index (χ1v) is 13.5. The van der Waals surface area contributed by atoms with E-state index in [1.807, 2.05) is 42.3 Å². The number of hydrogen-bond acceptors (Lipinski definition) is 7. The number of rotatable bonds is 11. The molecule has 0 saturated carbocycles. The van der Waals surface area contributed by atoms with E-state index in [0.717, 1.165) is 42.5 Å². The van der Waals surface area contributed by atoms with Gasteiger partial charge in [0.05, 0.1) is 44.7 Å². The maximum absolute atomic E-state index is 13.5. The van der Waals surface area contributed by atoms with Gasteiger partial charge in [-0.05, 0) is 68.5 Å². The van der Waals surface area contributed by atoms with Gasteiger partial charge in [-0.3, -0.25) is 19.5 Å². The molecule has 2 heterocycles. The number of benzene rings is 3. The lowest BCUT2D eigenvalue weighted by Crippen LogP contribution is -2.37. The van der Waals surface area contributed by atoms with Crippen LogP contribution in [0.4, 0.5) is 11.4 Å². The quantitative estimate of drug-likeness (QED) is 0.214. The molecule has 5 rings (SSSR count). The molecule has 1 amide bonds. The first kappa shape index (κ1) is 27.2. The Morgan fingerprint density at radius 2 is 1.60 bits per heavy atom. The Bertz CT molecular complexity index is 1460. The van der Waals surface area contributed by atoms with E-state index < -0.39 is 0 Å². The molecular formula is C32H34N2O6. The van der Waals surface area contributed by atoms with E-state index in [2.05, 4.69) is 11.1 Å². The van der Waals surface area contributed by atoms with Crippen LogP contribution in [-0.2, 0) is 6.42 Å². The summed E-state index contributed by atoms with van der Waals surface area (Å²) < 4.78 is 23.0. The maximum Gasteiger partial charge on any atom is 0.261 e. The van der Waals surface area contributed by atoms with Crippen LogP contribution in [0.15, 0.2) is 53.5 Å². The molecule has 0 spiro atoms. The lowest BCUT2D eigenvalue weighted by molar-refractivity contribution is 0.0984. The number of ether oxygens (including phenoxy) is 4. The van der Waals surface area contributed by atoms with E-state index in [1.165, 1.54) is 0 Å². The maximum atomic E-state index is 13.5. The molecule has 0 unspecified atom stereocenters. The Hall–Kier alpha value is -4.33. The van der Waals surface area contributed by atoms with Crippen molar-refractivity contribution in [2.24, 2.45) is 4.99 Å². The van der Waals surface area contributed by atoms with Crippen LogP contribution in [0.5, 0.6) is 23.0 Å². The van der Waals surface area contributed by atoms with Gasteiger partial charge < -0.3 is 18.9 Å². The molecule has 0 radical (unpaired) electrons. The van der Waals surface area contributed by atoms with Crippen molar-refractivity contribution < 1.29 is 28.5 Å². The Morgan fingerprint density at radius 1 is 0.925 bits per heavy atom. The number of carbonyl (C=O) groups is 2. The second kappa shape index (κ2) is 11.8. The number of para-hydroxylation sites is 1. The minimum Gasteiger partial charge on any atom is -0.493 e. The fourth-order valence-corrected chi connectivity index (χ4v) is 5.25. The van der Waals surface area contributed by atoms with Gasteiger partial charge in [0.25, 0.3) is 5.91 Å². The lowest BCUT2D eigenvalue weighted by Gasteiger charge is -2.22. The number of fused-ring (bicyclic) bond motifs is 4. The van der Waals surface area contributed by atoms with Gasteiger partial charge in [0.2, 0.25) is 0 Å². The SMILES string of the molecule is COc1cc(C(C)=O)c(C)cc1OCCCCCOc1cc2c(cc1OC)C(=O)N1c3ccccc3C[C@H]1C=N2. The van der Waals surface area contributed by atoms with Crippen molar-refractivity contribution in [2.75, 3.05) is 32.3 Å². The molecule has 8 heteroatoms. The molecule has 3 aromatic rings. The minimum absolute atomic E-state index is 0.00187. The minimum atomic E-state index is -0.106. The highest BCUT2D eigenvalue weighted by atomic mass is 16.5. The highest BCUT2D eigenvalue weighted by Crippen LogP contribution is 2.41. The number of unbranched alkanes of at least 4 members (excludes halogenated alkanes) is 2. The van der Waals surface area contributed by atoms with Gasteiger partial charge in [-0.1, -0.05) is 18.2 Å². The van der Waals surface area contributed by atoms with Crippen molar-refractivity contribution in [3.8, 4) is 23.0 Å². The van der Waals surface area contributed by atoms with Crippen molar-refractivity contribution >= 4 is 29.3 Å². The molecule has 1 atom stereocenters. The number of methoxy groups -OCH3 is 2. The average Bonchev–Trinajstić information content (AvgIpc) is 3.27. The topological polar surface area (TPSA) is 86.7 Å². The van der Waals surface area contributed by atoms with Crippen LogP contribution in [0.2, 0.25) is 0 Å². The number of hydrogen-bond donors (Lipinski definition) is 0. The van der Waals surface area contributed by atoms with E-state index in [4.69, 9.17) is 18.9 Å². The summed E-state index contributed by atoms with van der Waals surface area (Å²) in [6.45, 7) is 4.44. The Kier molecular flexibility index (Phi) is 8.05. The van der Waals surface area contributed by atoms with Crippen LogP contribution >= 0.6 is 0 Å². The zero-order valence-corrected chi connectivity index (χ0v) is 23.4. The predicted octanol–water partition coefficient (Wildman–Crippen LogP) is 6.13. The van der Waals surface area contributed by atoms with Crippen LogP contribution < -0.4 is 23.8 Å². The molecule has 0 aliphatic carbocycles. The molecule has 208 valence electrons. The summed E-state index contributed by atoms with van der Waals surface area (Å²) >= 11 is 0. The number of nitrogens with zero attached hydrogens (tertiary/aromatic N) is 2. The molecule has 2 aliphatic heterocycles. The summed E-state index contributed by atoms with van der Waals surface area (Å²) in [5.41, 5.74) is 4.66. The third-order valence-electron chi connectivity index (χ3n) is 7.32. The summed E-state index contributed by atoms with van der Waals surface area (Å²) in [5.74, 6) is 2.17. The van der Waals surface area contributed by atoms with E-state index in [9.17, 15) is 9.59 Å². The van der Waals surface area contributed by atoms with Gasteiger partial charge in [-0.25, -0.2) is 0 Å². The largest absolute Gasteiger partial charge is 0.493 e. The van der Waals surface area contributed by atoms with Crippen molar-refractivity contribution in [1.82, 2.24) is 0 Å². The first-order chi connectivity index (χ1) is 19.4. The lowest BCUT2D eigenvalue weighted by atomic mass is 10.0. The van der Waals surface area contributed by atoms with Crippen molar-refractivity contribution in [2.45, 2.75) is 45.6 Å². The molecule has 0 bridgehead atoms. The molecule has 0 saturated heterocycles. The van der Waals surface area contributed by atoms with E-state index in [1.54, 1.807) is 39.3 Å². The van der Waals surface area contributed by atoms with Crippen LogP contribution in [0, 0.1) is 6.92 Å². The number of carbonyl (C=O) groups excluding carboxylic acids is 2. The van der Waals surface area contributed by atoms with E-state index >= 15 is 0 Å². The van der Waals surface area contributed by atoms with E-state index in [0.29, 0.717) is 53.0 Å². The zero-order valence-electron chi connectivity index (χ0n) is 23.4. The van der Waals surface area contributed by atoms with Crippen LogP contribution in [0.1, 0.15) is 58.0 Å². The summed E-state index contributed by atoms with van der Waals surface area (Å²) in [7, 11) is 3.14. The highest BCUT2D eigenvalue weighted by Gasteiger charge is 2.36. The fourth-order valence-electron chi connectivity index (χ4n) is 5.25. The Morgan fingerprint density at radius 3 is 2.30 bits per heavy atom. The predicted molar refractivity (Wildman–Crippen MR) is 154 cm³/mol. The van der Waals surface area contributed by atoms with Crippen molar-refractivity contribution in [3.63, 3.8) is 0 Å². The summed E-state index contributed by atoms with van der Waals surface area (Å²) in [6, 6.07) is 15.0.